The molecule has 2 aromatic rings. The predicted octanol–water partition coefficient (Wildman–Crippen LogP) is 2.56. The largest absolute Gasteiger partial charge is 0.376 e. The zero-order valence-corrected chi connectivity index (χ0v) is 18.7. The normalized spacial score (nSPS) is 16.5. The van der Waals surface area contributed by atoms with Crippen LogP contribution in [0.1, 0.15) is 29.5 Å². The van der Waals surface area contributed by atoms with Crippen LogP contribution in [0.2, 0.25) is 0 Å². The maximum absolute atomic E-state index is 12.8. The number of rotatable bonds is 7. The predicted molar refractivity (Wildman–Crippen MR) is 123 cm³/mol. The summed E-state index contributed by atoms with van der Waals surface area (Å²) in [6, 6.07) is 6.20. The van der Waals surface area contributed by atoms with Crippen molar-refractivity contribution in [2.75, 3.05) is 40.3 Å². The van der Waals surface area contributed by atoms with Crippen molar-refractivity contribution in [3.8, 4) is 0 Å². The van der Waals surface area contributed by atoms with E-state index in [2.05, 4.69) is 39.2 Å². The molecule has 1 saturated heterocycles. The number of aromatic nitrogens is 1. The van der Waals surface area contributed by atoms with Crippen LogP contribution < -0.4 is 10.9 Å². The minimum Gasteiger partial charge on any atom is -0.376 e. The quantitative estimate of drug-likeness (QED) is 0.677. The molecule has 6 nitrogen and oxygen atoms in total. The van der Waals surface area contributed by atoms with Crippen LogP contribution in [0, 0.1) is 13.8 Å². The van der Waals surface area contributed by atoms with Gasteiger partial charge in [0.2, 0.25) is 0 Å². The summed E-state index contributed by atoms with van der Waals surface area (Å²) in [4.78, 5) is 20.0. The number of fused-ring (bicyclic) bond motifs is 1. The van der Waals surface area contributed by atoms with Gasteiger partial charge in [0.1, 0.15) is 0 Å². The van der Waals surface area contributed by atoms with E-state index in [1.165, 1.54) is 5.56 Å². The van der Waals surface area contributed by atoms with Gasteiger partial charge in [0.25, 0.3) is 5.56 Å². The summed E-state index contributed by atoms with van der Waals surface area (Å²) < 4.78 is 5.69. The lowest BCUT2D eigenvalue weighted by atomic mass is 10.1. The maximum Gasteiger partial charge on any atom is 0.253 e. The molecule has 0 bridgehead atoms. The van der Waals surface area contributed by atoms with Crippen molar-refractivity contribution in [1.29, 1.82) is 0 Å². The Labute approximate surface area is 178 Å². The first-order valence-electron chi connectivity index (χ1n) is 10.3. The number of aromatic amines is 1. The Morgan fingerprint density at radius 3 is 2.76 bits per heavy atom. The molecule has 7 heteroatoms. The zero-order chi connectivity index (χ0) is 21.0. The summed E-state index contributed by atoms with van der Waals surface area (Å²) in [5.41, 5.74) is 3.85. The molecule has 0 aliphatic carbocycles. The fraction of sp³-hybridized carbons (Fsp3) is 0.545. The van der Waals surface area contributed by atoms with Crippen LogP contribution in [0.15, 0.2) is 23.0 Å². The molecule has 0 unspecified atom stereocenters. The lowest BCUT2D eigenvalue weighted by molar-refractivity contribution is 0.113. The highest BCUT2D eigenvalue weighted by Crippen LogP contribution is 2.18. The van der Waals surface area contributed by atoms with Crippen LogP contribution in [-0.2, 0) is 11.3 Å². The van der Waals surface area contributed by atoms with Gasteiger partial charge in [-0.1, -0.05) is 11.6 Å². The van der Waals surface area contributed by atoms with Crippen molar-refractivity contribution in [3.05, 3.63) is 45.2 Å². The maximum atomic E-state index is 12.8. The van der Waals surface area contributed by atoms with Gasteiger partial charge in [-0.25, -0.2) is 0 Å². The van der Waals surface area contributed by atoms with Gasteiger partial charge in [0.15, 0.2) is 5.11 Å². The molecular weight excluding hydrogens is 384 g/mol. The molecule has 1 atom stereocenters. The second kappa shape index (κ2) is 9.69. The van der Waals surface area contributed by atoms with E-state index in [1.807, 2.05) is 27.1 Å². The van der Waals surface area contributed by atoms with Crippen molar-refractivity contribution in [2.45, 2.75) is 39.3 Å². The second-order valence-electron chi connectivity index (χ2n) is 8.22. The van der Waals surface area contributed by atoms with E-state index in [0.717, 1.165) is 54.6 Å². The third-order valence-electron chi connectivity index (χ3n) is 5.34. The lowest BCUT2D eigenvalue weighted by Crippen LogP contribution is -2.45. The molecule has 1 aliphatic rings. The third kappa shape index (κ3) is 5.78. The number of likely N-dealkylation sites (N-methyl/N-ethyl adjacent to an activating group) is 1. The summed E-state index contributed by atoms with van der Waals surface area (Å²) in [5.74, 6) is 0. The Kier molecular flexibility index (Phi) is 7.27. The molecule has 158 valence electrons. The lowest BCUT2D eigenvalue weighted by Gasteiger charge is -2.28. The molecule has 2 N–H and O–H groups in total. The summed E-state index contributed by atoms with van der Waals surface area (Å²) in [6.45, 7) is 7.71. The average Bonchev–Trinajstić information content (AvgIpc) is 3.17. The Morgan fingerprint density at radius 1 is 1.28 bits per heavy atom. The van der Waals surface area contributed by atoms with Crippen LogP contribution >= 0.6 is 12.2 Å². The molecule has 0 saturated carbocycles. The van der Waals surface area contributed by atoms with E-state index < -0.39 is 0 Å². The number of nitrogens with zero attached hydrogens (tertiary/aromatic N) is 2. The monoisotopic (exact) mass is 416 g/mol. The SMILES string of the molecule is Cc1cc(C)c2[nH]c(=O)c(CN(CCN(C)C)C(=S)NC[C@@H]3CCCO3)cc2c1. The first-order chi connectivity index (χ1) is 13.8. The van der Waals surface area contributed by atoms with Crippen molar-refractivity contribution in [2.24, 2.45) is 0 Å². The van der Waals surface area contributed by atoms with Crippen molar-refractivity contribution in [1.82, 2.24) is 20.1 Å². The Morgan fingerprint density at radius 2 is 2.07 bits per heavy atom. The number of hydrogen-bond donors (Lipinski definition) is 2. The highest BCUT2D eigenvalue weighted by atomic mass is 32.1. The van der Waals surface area contributed by atoms with Gasteiger partial charge in [-0.15, -0.1) is 0 Å². The molecule has 0 spiro atoms. The van der Waals surface area contributed by atoms with Crippen LogP contribution in [0.4, 0.5) is 0 Å². The Hall–Kier alpha value is -1.96. The molecule has 1 fully saturated rings. The Bertz CT molecular complexity index is 919. The summed E-state index contributed by atoms with van der Waals surface area (Å²) in [5, 5.41) is 5.07. The van der Waals surface area contributed by atoms with Gasteiger partial charge in [0, 0.05) is 31.8 Å². The third-order valence-corrected chi connectivity index (χ3v) is 5.74. The molecule has 29 heavy (non-hydrogen) atoms. The molecule has 1 aliphatic heterocycles. The zero-order valence-electron chi connectivity index (χ0n) is 17.9. The number of pyridine rings is 1. The number of thiocarbonyl (C=S) groups is 1. The van der Waals surface area contributed by atoms with Crippen molar-refractivity contribution < 1.29 is 4.74 Å². The van der Waals surface area contributed by atoms with E-state index in [9.17, 15) is 4.79 Å². The van der Waals surface area contributed by atoms with Gasteiger partial charge < -0.3 is 24.8 Å². The topological polar surface area (TPSA) is 60.6 Å². The van der Waals surface area contributed by atoms with Gasteiger partial charge in [-0.3, -0.25) is 4.79 Å². The van der Waals surface area contributed by atoms with E-state index in [1.54, 1.807) is 0 Å². The molecular formula is C22H32N4O2S. The first kappa shape index (κ1) is 21.7. The van der Waals surface area contributed by atoms with Gasteiger partial charge in [0.05, 0.1) is 18.2 Å². The molecule has 3 rings (SSSR count). The molecule has 2 heterocycles. The Balaban J connectivity index is 1.79. The number of benzene rings is 1. The molecule has 1 aromatic heterocycles. The van der Waals surface area contributed by atoms with E-state index >= 15 is 0 Å². The van der Waals surface area contributed by atoms with Crippen LogP contribution in [0.3, 0.4) is 0 Å². The highest BCUT2D eigenvalue weighted by Gasteiger charge is 2.18. The van der Waals surface area contributed by atoms with Gasteiger partial charge in [-0.2, -0.15) is 0 Å². The molecule has 1 aromatic carbocycles. The molecule has 0 amide bonds. The summed E-state index contributed by atoms with van der Waals surface area (Å²) in [6.07, 6.45) is 2.39. The minimum absolute atomic E-state index is 0.0544. The van der Waals surface area contributed by atoms with E-state index in [-0.39, 0.29) is 11.7 Å². The summed E-state index contributed by atoms with van der Waals surface area (Å²) in [7, 11) is 4.07. The minimum atomic E-state index is -0.0544. The number of H-pyrrole nitrogens is 1. The highest BCUT2D eigenvalue weighted by molar-refractivity contribution is 7.80. The number of aryl methyl sites for hydroxylation is 2. The number of nitrogens with one attached hydrogen (secondary N) is 2. The van der Waals surface area contributed by atoms with Crippen LogP contribution in [0.25, 0.3) is 10.9 Å². The second-order valence-corrected chi connectivity index (χ2v) is 8.60. The van der Waals surface area contributed by atoms with Gasteiger partial charge >= 0.3 is 0 Å². The number of hydrogen-bond acceptors (Lipinski definition) is 4. The van der Waals surface area contributed by atoms with Crippen LogP contribution in [-0.4, -0.2) is 66.3 Å². The first-order valence-corrected chi connectivity index (χ1v) is 10.7. The average molecular weight is 417 g/mol. The smallest absolute Gasteiger partial charge is 0.253 e. The fourth-order valence-electron chi connectivity index (χ4n) is 3.75. The summed E-state index contributed by atoms with van der Waals surface area (Å²) >= 11 is 5.67. The van der Waals surface area contributed by atoms with E-state index in [0.29, 0.717) is 18.2 Å². The van der Waals surface area contributed by atoms with Crippen LogP contribution in [0.5, 0.6) is 0 Å². The molecule has 0 radical (unpaired) electrons. The standard InChI is InChI=1S/C22H32N4O2S/c1-15-10-16(2)20-17(11-15)12-18(21(27)24-20)14-26(8-7-25(3)4)22(29)23-13-19-6-5-9-28-19/h10-12,19H,5-9,13-14H2,1-4H3,(H,23,29)(H,24,27)/t19-/m0/s1. The number of ether oxygens (including phenoxy) is 1. The van der Waals surface area contributed by atoms with E-state index in [4.69, 9.17) is 17.0 Å². The van der Waals surface area contributed by atoms with Crippen molar-refractivity contribution >= 4 is 28.2 Å². The fourth-order valence-corrected chi connectivity index (χ4v) is 3.99. The van der Waals surface area contributed by atoms with Crippen molar-refractivity contribution in [3.63, 3.8) is 0 Å². The van der Waals surface area contributed by atoms with Gasteiger partial charge in [-0.05, 0) is 76.1 Å².